The van der Waals surface area contributed by atoms with Gasteiger partial charge in [-0.1, -0.05) is 18.2 Å². The van der Waals surface area contributed by atoms with Gasteiger partial charge in [-0.05, 0) is 41.6 Å². The molecule has 0 saturated carbocycles. The number of hydrogen-bond donors (Lipinski definition) is 2. The summed E-state index contributed by atoms with van der Waals surface area (Å²) in [4.78, 5) is 13.1. The predicted octanol–water partition coefficient (Wildman–Crippen LogP) is 3.36. The molecule has 2 amide bonds. The van der Waals surface area contributed by atoms with Crippen LogP contribution in [-0.2, 0) is 13.0 Å². The van der Waals surface area contributed by atoms with E-state index in [-0.39, 0.29) is 6.03 Å². The normalized spacial score (nSPS) is 10.4. The Hall–Kier alpha value is -2.60. The molecule has 0 radical (unpaired) electrons. The van der Waals surface area contributed by atoms with E-state index in [0.29, 0.717) is 6.54 Å². The second kappa shape index (κ2) is 7.60. The maximum atomic E-state index is 11.8. The smallest absolute Gasteiger partial charge is 0.319 e. The number of urea groups is 1. The van der Waals surface area contributed by atoms with Crippen molar-refractivity contribution in [2.75, 3.05) is 11.9 Å². The Labute approximate surface area is 139 Å². The number of hydrogen-bond acceptors (Lipinski definition) is 3. The fraction of sp³-hybridized carbons (Fsp3) is 0.176. The molecule has 1 aromatic carbocycles. The van der Waals surface area contributed by atoms with Gasteiger partial charge in [-0.3, -0.25) is 4.68 Å². The Morgan fingerprint density at radius 2 is 2.04 bits per heavy atom. The first kappa shape index (κ1) is 15.3. The van der Waals surface area contributed by atoms with Crippen LogP contribution in [0, 0.1) is 0 Å². The van der Waals surface area contributed by atoms with E-state index in [1.54, 1.807) is 17.5 Å². The summed E-state index contributed by atoms with van der Waals surface area (Å²) >= 11 is 1.70. The van der Waals surface area contributed by atoms with Crippen LogP contribution in [0.25, 0.3) is 0 Å². The van der Waals surface area contributed by atoms with Crippen molar-refractivity contribution in [1.29, 1.82) is 0 Å². The highest BCUT2D eigenvalue weighted by atomic mass is 32.1. The molecule has 3 rings (SSSR count). The number of rotatable bonds is 6. The average Bonchev–Trinajstić information content (AvgIpc) is 3.23. The Balaban J connectivity index is 1.44. The van der Waals surface area contributed by atoms with Gasteiger partial charge in [-0.15, -0.1) is 11.3 Å². The molecular formula is C17H18N4OS. The third kappa shape index (κ3) is 4.69. The largest absolute Gasteiger partial charge is 0.338 e. The molecule has 0 aliphatic carbocycles. The van der Waals surface area contributed by atoms with Crippen LogP contribution in [0.5, 0.6) is 0 Å². The Kier molecular flexibility index (Phi) is 5.06. The van der Waals surface area contributed by atoms with Gasteiger partial charge in [0.2, 0.25) is 0 Å². The fourth-order valence-corrected chi connectivity index (χ4v) is 2.91. The molecule has 2 N–H and O–H groups in total. The van der Waals surface area contributed by atoms with Crippen molar-refractivity contribution in [2.45, 2.75) is 13.0 Å². The lowest BCUT2D eigenvalue weighted by Crippen LogP contribution is -2.30. The van der Waals surface area contributed by atoms with Crippen LogP contribution >= 0.6 is 11.3 Å². The summed E-state index contributed by atoms with van der Waals surface area (Å²) in [7, 11) is 0. The van der Waals surface area contributed by atoms with Gasteiger partial charge in [-0.2, -0.15) is 5.10 Å². The molecule has 2 aromatic heterocycles. The summed E-state index contributed by atoms with van der Waals surface area (Å²) < 4.78 is 1.86. The number of thiophene rings is 1. The van der Waals surface area contributed by atoms with Gasteiger partial charge in [0.05, 0.1) is 6.54 Å². The van der Waals surface area contributed by atoms with E-state index in [0.717, 1.165) is 24.2 Å². The molecule has 2 heterocycles. The highest BCUT2D eigenvalue weighted by Gasteiger charge is 2.02. The first-order chi connectivity index (χ1) is 11.3. The monoisotopic (exact) mass is 326 g/mol. The van der Waals surface area contributed by atoms with Gasteiger partial charge >= 0.3 is 6.03 Å². The molecule has 118 valence electrons. The summed E-state index contributed by atoms with van der Waals surface area (Å²) in [5.74, 6) is 0. The molecule has 0 aliphatic heterocycles. The third-order valence-electron chi connectivity index (χ3n) is 3.35. The fourth-order valence-electron chi connectivity index (χ4n) is 2.20. The van der Waals surface area contributed by atoms with E-state index < -0.39 is 0 Å². The third-order valence-corrected chi connectivity index (χ3v) is 4.29. The molecule has 0 fully saturated rings. The van der Waals surface area contributed by atoms with Crippen molar-refractivity contribution < 1.29 is 4.79 Å². The van der Waals surface area contributed by atoms with Crippen LogP contribution in [0.1, 0.15) is 10.4 Å². The van der Waals surface area contributed by atoms with Crippen molar-refractivity contribution in [3.05, 3.63) is 70.7 Å². The minimum Gasteiger partial charge on any atom is -0.338 e. The summed E-state index contributed by atoms with van der Waals surface area (Å²) in [5, 5.41) is 11.9. The lowest BCUT2D eigenvalue weighted by molar-refractivity contribution is 0.252. The van der Waals surface area contributed by atoms with Crippen molar-refractivity contribution in [3.63, 3.8) is 0 Å². The molecule has 0 saturated heterocycles. The van der Waals surface area contributed by atoms with Crippen molar-refractivity contribution in [3.8, 4) is 0 Å². The van der Waals surface area contributed by atoms with Crippen molar-refractivity contribution in [2.24, 2.45) is 0 Å². The average molecular weight is 326 g/mol. The number of benzene rings is 1. The maximum Gasteiger partial charge on any atom is 0.319 e. The summed E-state index contributed by atoms with van der Waals surface area (Å²) in [6, 6.07) is 13.6. The number of amides is 2. The number of aromatic nitrogens is 2. The molecule has 0 unspecified atom stereocenters. The minimum atomic E-state index is -0.179. The van der Waals surface area contributed by atoms with E-state index in [1.807, 2.05) is 52.7 Å². The quantitative estimate of drug-likeness (QED) is 0.730. The molecule has 23 heavy (non-hydrogen) atoms. The molecule has 0 atom stereocenters. The second-order valence-corrected chi connectivity index (χ2v) is 6.14. The van der Waals surface area contributed by atoms with Crippen LogP contribution in [-0.4, -0.2) is 22.4 Å². The topological polar surface area (TPSA) is 59.0 Å². The van der Waals surface area contributed by atoms with E-state index in [4.69, 9.17) is 0 Å². The molecule has 6 heteroatoms. The maximum absolute atomic E-state index is 11.8. The van der Waals surface area contributed by atoms with E-state index in [1.165, 1.54) is 4.88 Å². The predicted molar refractivity (Wildman–Crippen MR) is 92.8 cm³/mol. The van der Waals surface area contributed by atoms with E-state index in [2.05, 4.69) is 21.8 Å². The summed E-state index contributed by atoms with van der Waals surface area (Å²) in [6.07, 6.45) is 4.54. The first-order valence-electron chi connectivity index (χ1n) is 7.43. The zero-order chi connectivity index (χ0) is 15.9. The molecule has 0 bridgehead atoms. The molecule has 0 spiro atoms. The van der Waals surface area contributed by atoms with Crippen LogP contribution in [0.4, 0.5) is 10.5 Å². The zero-order valence-electron chi connectivity index (χ0n) is 12.6. The van der Waals surface area contributed by atoms with Gasteiger partial charge in [0.25, 0.3) is 0 Å². The van der Waals surface area contributed by atoms with Crippen LogP contribution in [0.2, 0.25) is 0 Å². The molecule has 0 aliphatic rings. The van der Waals surface area contributed by atoms with Gasteiger partial charge in [-0.25, -0.2) is 4.79 Å². The number of nitrogens with zero attached hydrogens (tertiary/aromatic N) is 2. The van der Waals surface area contributed by atoms with Gasteiger partial charge in [0, 0.05) is 29.5 Å². The lowest BCUT2D eigenvalue weighted by Gasteiger charge is -2.08. The number of carbonyl (C=O) groups is 1. The van der Waals surface area contributed by atoms with Crippen LogP contribution in [0.15, 0.2) is 60.2 Å². The van der Waals surface area contributed by atoms with Crippen molar-refractivity contribution in [1.82, 2.24) is 15.1 Å². The lowest BCUT2D eigenvalue weighted by atomic mass is 10.2. The standard InChI is InChI=1S/C17H18N4OS/c22-17(18-10-8-16-3-1-12-23-16)20-15-6-4-14(5-7-15)13-21-11-2-9-19-21/h1-7,9,11-12H,8,10,13H2,(H2,18,20,22). The highest BCUT2D eigenvalue weighted by molar-refractivity contribution is 7.09. The van der Waals surface area contributed by atoms with E-state index >= 15 is 0 Å². The minimum absolute atomic E-state index is 0.179. The first-order valence-corrected chi connectivity index (χ1v) is 8.31. The van der Waals surface area contributed by atoms with Gasteiger partial charge < -0.3 is 10.6 Å². The number of anilines is 1. The highest BCUT2D eigenvalue weighted by Crippen LogP contribution is 2.11. The van der Waals surface area contributed by atoms with Crippen LogP contribution < -0.4 is 10.6 Å². The Morgan fingerprint density at radius 3 is 2.74 bits per heavy atom. The SMILES string of the molecule is O=C(NCCc1cccs1)Nc1ccc(Cn2cccn2)cc1. The van der Waals surface area contributed by atoms with Crippen molar-refractivity contribution >= 4 is 23.1 Å². The van der Waals surface area contributed by atoms with Crippen LogP contribution in [0.3, 0.4) is 0 Å². The van der Waals surface area contributed by atoms with Gasteiger partial charge in [0.1, 0.15) is 0 Å². The van der Waals surface area contributed by atoms with Gasteiger partial charge in [0.15, 0.2) is 0 Å². The second-order valence-electron chi connectivity index (χ2n) is 5.11. The zero-order valence-corrected chi connectivity index (χ0v) is 13.4. The molecule has 5 nitrogen and oxygen atoms in total. The molecular weight excluding hydrogens is 308 g/mol. The Morgan fingerprint density at radius 1 is 1.17 bits per heavy atom. The summed E-state index contributed by atoms with van der Waals surface area (Å²) in [5.41, 5.74) is 1.92. The Bertz CT molecular complexity index is 721. The number of carbonyl (C=O) groups excluding carboxylic acids is 1. The summed E-state index contributed by atoms with van der Waals surface area (Å²) in [6.45, 7) is 1.35. The van der Waals surface area contributed by atoms with E-state index in [9.17, 15) is 4.79 Å². The molecule has 3 aromatic rings. The number of nitrogens with one attached hydrogen (secondary N) is 2.